The number of alkyl halides is 2. The van der Waals surface area contributed by atoms with Crippen molar-refractivity contribution in [2.24, 2.45) is 0 Å². The molecule has 1 heterocycles. The molecule has 154 valence electrons. The Morgan fingerprint density at radius 1 is 1.07 bits per heavy atom. The van der Waals surface area contributed by atoms with E-state index in [4.69, 9.17) is 4.74 Å². The summed E-state index contributed by atoms with van der Waals surface area (Å²) in [5, 5.41) is 12.8. The lowest BCUT2D eigenvalue weighted by Crippen LogP contribution is -2.42. The normalized spacial score (nSPS) is 20.0. The minimum absolute atomic E-state index is 0.0607. The Balaban J connectivity index is 1.65. The third-order valence-corrected chi connectivity index (χ3v) is 4.51. The summed E-state index contributed by atoms with van der Waals surface area (Å²) in [7, 11) is 0. The van der Waals surface area contributed by atoms with E-state index >= 15 is 0 Å². The fourth-order valence-corrected chi connectivity index (χ4v) is 3.00. The molecule has 29 heavy (non-hydrogen) atoms. The zero-order valence-corrected chi connectivity index (χ0v) is 15.5. The van der Waals surface area contributed by atoms with Crippen LogP contribution in [0.4, 0.5) is 13.6 Å². The van der Waals surface area contributed by atoms with Gasteiger partial charge in [-0.15, -0.1) is 0 Å². The predicted molar refractivity (Wildman–Crippen MR) is 98.6 cm³/mol. The average Bonchev–Trinajstić information content (AvgIpc) is 2.91. The Kier molecular flexibility index (Phi) is 5.97. The van der Waals surface area contributed by atoms with Crippen LogP contribution in [-0.2, 0) is 10.3 Å². The van der Waals surface area contributed by atoms with E-state index in [2.05, 4.69) is 10.1 Å². The van der Waals surface area contributed by atoms with Crippen LogP contribution in [0.2, 0.25) is 0 Å². The summed E-state index contributed by atoms with van der Waals surface area (Å²) in [5.41, 5.74) is -0.990. The molecule has 3 amide bonds. The highest BCUT2D eigenvalue weighted by Crippen LogP contribution is 2.30. The molecule has 2 atom stereocenters. The van der Waals surface area contributed by atoms with Gasteiger partial charge in [-0.3, -0.25) is 9.69 Å². The van der Waals surface area contributed by atoms with Gasteiger partial charge < -0.3 is 19.9 Å². The van der Waals surface area contributed by atoms with E-state index in [1.165, 1.54) is 31.2 Å². The second-order valence-corrected chi connectivity index (χ2v) is 6.65. The number of halogens is 2. The highest BCUT2D eigenvalue weighted by Gasteiger charge is 2.49. The number of nitrogens with one attached hydrogen (secondary N) is 1. The second-order valence-electron chi connectivity index (χ2n) is 6.65. The topological polar surface area (TPSA) is 88.1 Å². The Bertz CT molecular complexity index is 863. The molecule has 3 rings (SSSR count). The largest absolute Gasteiger partial charge is 0.491 e. The van der Waals surface area contributed by atoms with Gasteiger partial charge in [0.05, 0.1) is 6.54 Å². The first-order valence-corrected chi connectivity index (χ1v) is 8.85. The maximum atomic E-state index is 12.8. The average molecular weight is 406 g/mol. The number of nitrogens with zero attached hydrogens (tertiary/aromatic N) is 1. The SMILES string of the molecule is C[C@]1(c2ccc(OC(F)F)cc2)NC(=O)N(C[C@@H](O)COc2ccccc2)C1=O. The Labute approximate surface area is 165 Å². The maximum Gasteiger partial charge on any atom is 0.387 e. The van der Waals surface area contributed by atoms with Crippen LogP contribution in [0.3, 0.4) is 0 Å². The number of imide groups is 1. The molecule has 0 radical (unpaired) electrons. The molecule has 1 saturated heterocycles. The third kappa shape index (κ3) is 4.62. The minimum atomic E-state index is -2.96. The van der Waals surface area contributed by atoms with Crippen LogP contribution < -0.4 is 14.8 Å². The Morgan fingerprint density at radius 3 is 2.34 bits per heavy atom. The smallest absolute Gasteiger partial charge is 0.387 e. The number of β-amino-alcohol motifs (C(OH)–C–C–N with tert-alkyl or cyclic N) is 1. The molecule has 1 aliphatic heterocycles. The van der Waals surface area contributed by atoms with E-state index in [1.54, 1.807) is 24.3 Å². The van der Waals surface area contributed by atoms with Crippen LogP contribution in [0.5, 0.6) is 11.5 Å². The number of rotatable bonds is 8. The maximum absolute atomic E-state index is 12.8. The summed E-state index contributed by atoms with van der Waals surface area (Å²) in [6.45, 7) is -1.81. The molecule has 0 bridgehead atoms. The van der Waals surface area contributed by atoms with Gasteiger partial charge in [0.2, 0.25) is 0 Å². The molecule has 2 N–H and O–H groups in total. The van der Waals surface area contributed by atoms with Gasteiger partial charge in [0, 0.05) is 0 Å². The molecule has 0 aliphatic carbocycles. The molecule has 2 aromatic rings. The van der Waals surface area contributed by atoms with Gasteiger partial charge in [0.15, 0.2) is 0 Å². The first-order valence-electron chi connectivity index (χ1n) is 8.85. The molecular formula is C20H20F2N2O5. The Morgan fingerprint density at radius 2 is 1.72 bits per heavy atom. The van der Waals surface area contributed by atoms with Crippen molar-refractivity contribution < 1.29 is 33.0 Å². The van der Waals surface area contributed by atoms with Gasteiger partial charge in [-0.05, 0) is 36.8 Å². The lowest BCUT2D eigenvalue weighted by atomic mass is 9.92. The van der Waals surface area contributed by atoms with Gasteiger partial charge >= 0.3 is 12.6 Å². The summed E-state index contributed by atoms with van der Waals surface area (Å²) in [4.78, 5) is 26.1. The lowest BCUT2D eigenvalue weighted by Gasteiger charge is -2.23. The summed E-state index contributed by atoms with van der Waals surface area (Å²) in [5.74, 6) is -0.0713. The van der Waals surface area contributed by atoms with Crippen LogP contribution in [0.15, 0.2) is 54.6 Å². The number of hydrogen-bond donors (Lipinski definition) is 2. The van der Waals surface area contributed by atoms with Gasteiger partial charge in [-0.25, -0.2) is 4.79 Å². The van der Waals surface area contributed by atoms with E-state index in [0.717, 1.165) is 4.90 Å². The number of aliphatic hydroxyl groups is 1. The minimum Gasteiger partial charge on any atom is -0.491 e. The van der Waals surface area contributed by atoms with Crippen LogP contribution >= 0.6 is 0 Å². The van der Waals surface area contributed by atoms with Gasteiger partial charge in [0.1, 0.15) is 29.7 Å². The standard InChI is InChI=1S/C20H20F2N2O5/c1-20(13-7-9-16(10-8-13)29-18(21)22)17(26)24(19(27)23-20)11-14(25)12-28-15-5-3-2-4-6-15/h2-10,14,18,25H,11-12H2,1H3,(H,23,27)/t14-,20-/m1/s1. The fraction of sp³-hybridized carbons (Fsp3) is 0.300. The molecule has 0 spiro atoms. The van der Waals surface area contributed by atoms with Crippen molar-refractivity contribution in [2.75, 3.05) is 13.2 Å². The number of amides is 3. The summed E-state index contributed by atoms with van der Waals surface area (Å²) in [6, 6.07) is 13.6. The molecule has 9 heteroatoms. The van der Waals surface area contributed by atoms with Crippen molar-refractivity contribution in [1.82, 2.24) is 10.2 Å². The number of carbonyl (C=O) groups excluding carboxylic acids is 2. The van der Waals surface area contributed by atoms with Crippen LogP contribution in [0.1, 0.15) is 12.5 Å². The van der Waals surface area contributed by atoms with Crippen molar-refractivity contribution in [3.05, 3.63) is 60.2 Å². The number of para-hydroxylation sites is 1. The predicted octanol–water partition coefficient (Wildman–Crippen LogP) is 2.49. The number of ether oxygens (including phenoxy) is 2. The summed E-state index contributed by atoms with van der Waals surface area (Å²) >= 11 is 0. The van der Waals surface area contributed by atoms with Crippen molar-refractivity contribution in [1.29, 1.82) is 0 Å². The monoisotopic (exact) mass is 406 g/mol. The van der Waals surface area contributed by atoms with Crippen LogP contribution in [0.25, 0.3) is 0 Å². The number of carbonyl (C=O) groups is 2. The van der Waals surface area contributed by atoms with Crippen LogP contribution in [0, 0.1) is 0 Å². The molecule has 1 fully saturated rings. The molecule has 0 saturated carbocycles. The van der Waals surface area contributed by atoms with Gasteiger partial charge in [-0.1, -0.05) is 30.3 Å². The quantitative estimate of drug-likeness (QED) is 0.658. The second kappa shape index (κ2) is 8.44. The molecule has 0 aromatic heterocycles. The van der Waals surface area contributed by atoms with Gasteiger partial charge in [0.25, 0.3) is 5.91 Å². The fourth-order valence-electron chi connectivity index (χ4n) is 3.00. The Hall–Kier alpha value is -3.20. The first-order chi connectivity index (χ1) is 13.8. The summed E-state index contributed by atoms with van der Waals surface area (Å²) < 4.78 is 34.3. The lowest BCUT2D eigenvalue weighted by molar-refractivity contribution is -0.132. The zero-order chi connectivity index (χ0) is 21.0. The van der Waals surface area contributed by atoms with Crippen molar-refractivity contribution in [3.63, 3.8) is 0 Å². The highest BCUT2D eigenvalue weighted by atomic mass is 19.3. The molecule has 1 aliphatic rings. The van der Waals surface area contributed by atoms with Crippen molar-refractivity contribution >= 4 is 11.9 Å². The van der Waals surface area contributed by atoms with Crippen molar-refractivity contribution in [2.45, 2.75) is 25.2 Å². The summed E-state index contributed by atoms with van der Waals surface area (Å²) in [6.07, 6.45) is -1.09. The number of aliphatic hydroxyl groups excluding tert-OH is 1. The van der Waals surface area contributed by atoms with E-state index < -0.39 is 30.2 Å². The molecule has 2 aromatic carbocycles. The number of urea groups is 1. The molecular weight excluding hydrogens is 386 g/mol. The van der Waals surface area contributed by atoms with Gasteiger partial charge in [-0.2, -0.15) is 8.78 Å². The van der Waals surface area contributed by atoms with E-state index in [1.807, 2.05) is 6.07 Å². The van der Waals surface area contributed by atoms with E-state index in [0.29, 0.717) is 11.3 Å². The number of benzene rings is 2. The number of hydrogen-bond acceptors (Lipinski definition) is 5. The molecule has 0 unspecified atom stereocenters. The molecule has 7 nitrogen and oxygen atoms in total. The zero-order valence-electron chi connectivity index (χ0n) is 15.5. The van der Waals surface area contributed by atoms with E-state index in [9.17, 15) is 23.5 Å². The van der Waals surface area contributed by atoms with Crippen LogP contribution in [-0.4, -0.2) is 47.8 Å². The van der Waals surface area contributed by atoms with Crippen molar-refractivity contribution in [3.8, 4) is 11.5 Å². The third-order valence-electron chi connectivity index (χ3n) is 4.51. The van der Waals surface area contributed by atoms with E-state index in [-0.39, 0.29) is 18.9 Å². The highest BCUT2D eigenvalue weighted by molar-refractivity contribution is 6.07. The first kappa shape index (κ1) is 20.5.